The van der Waals surface area contributed by atoms with Crippen molar-refractivity contribution in [3.63, 3.8) is 0 Å². The van der Waals surface area contributed by atoms with E-state index in [0.29, 0.717) is 12.6 Å². The second-order valence-electron chi connectivity index (χ2n) is 4.91. The molecule has 1 saturated carbocycles. The van der Waals surface area contributed by atoms with Gasteiger partial charge in [0.05, 0.1) is 12.8 Å². The Bertz CT molecular complexity index is 418. The van der Waals surface area contributed by atoms with Gasteiger partial charge in [0.25, 0.3) is 0 Å². The second-order valence-corrected chi connectivity index (χ2v) is 4.91. The highest BCUT2D eigenvalue weighted by atomic mass is 16.5. The Morgan fingerprint density at radius 1 is 1.56 bits per heavy atom. The van der Waals surface area contributed by atoms with Crippen LogP contribution in [-0.2, 0) is 16.1 Å². The Kier molecular flexibility index (Phi) is 3.71. The molecule has 0 radical (unpaired) electrons. The summed E-state index contributed by atoms with van der Waals surface area (Å²) < 4.78 is 10.0. The topological polar surface area (TPSA) is 55.6 Å². The Labute approximate surface area is 107 Å². The molecule has 0 unspecified atom stereocenters. The molecule has 0 spiro atoms. The van der Waals surface area contributed by atoms with Crippen LogP contribution >= 0.6 is 0 Å². The van der Waals surface area contributed by atoms with Gasteiger partial charge in [-0.05, 0) is 33.6 Å². The Hall–Kier alpha value is -1.36. The second kappa shape index (κ2) is 5.10. The number of ether oxygens (including phenoxy) is 1. The van der Waals surface area contributed by atoms with Crippen LogP contribution in [0.1, 0.15) is 36.8 Å². The first-order valence-electron chi connectivity index (χ1n) is 6.30. The lowest BCUT2D eigenvalue weighted by molar-refractivity contribution is -0.146. The van der Waals surface area contributed by atoms with Gasteiger partial charge in [-0.25, -0.2) is 0 Å². The van der Waals surface area contributed by atoms with E-state index < -0.39 is 0 Å². The van der Waals surface area contributed by atoms with Crippen LogP contribution in [0.3, 0.4) is 0 Å². The first kappa shape index (κ1) is 13.1. The lowest BCUT2D eigenvalue weighted by Gasteiger charge is -2.26. The molecule has 1 aromatic heterocycles. The number of nitrogens with zero attached hydrogens (tertiary/aromatic N) is 2. The molecule has 0 N–H and O–H groups in total. The number of aromatic nitrogens is 1. The fourth-order valence-corrected chi connectivity index (χ4v) is 2.20. The molecule has 1 heterocycles. The van der Waals surface area contributed by atoms with Gasteiger partial charge in [0.2, 0.25) is 0 Å². The van der Waals surface area contributed by atoms with Gasteiger partial charge in [-0.2, -0.15) is 0 Å². The maximum atomic E-state index is 11.7. The van der Waals surface area contributed by atoms with Gasteiger partial charge in [0, 0.05) is 18.2 Å². The molecule has 1 aliphatic carbocycles. The van der Waals surface area contributed by atoms with Gasteiger partial charge in [-0.3, -0.25) is 9.69 Å². The van der Waals surface area contributed by atoms with Crippen molar-refractivity contribution < 1.29 is 14.1 Å². The maximum absolute atomic E-state index is 11.7. The van der Waals surface area contributed by atoms with Crippen LogP contribution in [0.2, 0.25) is 0 Å². The summed E-state index contributed by atoms with van der Waals surface area (Å²) in [5.74, 6) is 0.642. The van der Waals surface area contributed by atoms with Crippen LogP contribution in [0.4, 0.5) is 0 Å². The van der Waals surface area contributed by atoms with E-state index in [0.717, 1.165) is 29.9 Å². The summed E-state index contributed by atoms with van der Waals surface area (Å²) in [4.78, 5) is 13.9. The quantitative estimate of drug-likeness (QED) is 0.748. The van der Waals surface area contributed by atoms with Crippen LogP contribution in [0.5, 0.6) is 0 Å². The van der Waals surface area contributed by atoms with Gasteiger partial charge >= 0.3 is 5.97 Å². The normalized spacial score (nSPS) is 16.9. The number of carbonyl (C=O) groups is 1. The molecule has 0 aromatic carbocycles. The molecule has 1 fully saturated rings. The molecular weight excluding hydrogens is 232 g/mol. The van der Waals surface area contributed by atoms with Gasteiger partial charge in [-0.15, -0.1) is 0 Å². The zero-order valence-electron chi connectivity index (χ0n) is 11.4. The highest BCUT2D eigenvalue weighted by Crippen LogP contribution is 2.31. The average Bonchev–Trinajstić information content (AvgIpc) is 3.14. The molecule has 5 nitrogen and oxygen atoms in total. The van der Waals surface area contributed by atoms with E-state index in [1.54, 1.807) is 0 Å². The number of methoxy groups -OCH3 is 1. The predicted molar refractivity (Wildman–Crippen MR) is 66.0 cm³/mol. The van der Waals surface area contributed by atoms with Crippen LogP contribution in [-0.4, -0.2) is 35.2 Å². The van der Waals surface area contributed by atoms with Gasteiger partial charge in [0.1, 0.15) is 11.8 Å². The minimum Gasteiger partial charge on any atom is -0.468 e. The molecule has 2 rings (SSSR count). The number of esters is 1. The first-order valence-corrected chi connectivity index (χ1v) is 6.30. The molecule has 100 valence electrons. The number of rotatable bonds is 5. The highest BCUT2D eigenvalue weighted by molar-refractivity contribution is 5.75. The standard InChI is InChI=1S/C13H20N2O3/c1-8-12(10(3)18-14-8)7-15(11-5-6-11)9(2)13(16)17-4/h9,11H,5-7H2,1-4H3/t9-/m0/s1. The van der Waals surface area contributed by atoms with Crippen molar-refractivity contribution in [2.24, 2.45) is 0 Å². The van der Waals surface area contributed by atoms with Crippen molar-refractivity contribution in [3.05, 3.63) is 17.0 Å². The lowest BCUT2D eigenvalue weighted by atomic mass is 10.1. The van der Waals surface area contributed by atoms with Crippen molar-refractivity contribution >= 4 is 5.97 Å². The summed E-state index contributed by atoms with van der Waals surface area (Å²) in [6, 6.07) is 0.254. The van der Waals surface area contributed by atoms with Crippen molar-refractivity contribution in [2.45, 2.75) is 52.2 Å². The van der Waals surface area contributed by atoms with E-state index in [1.807, 2.05) is 20.8 Å². The molecule has 18 heavy (non-hydrogen) atoms. The smallest absolute Gasteiger partial charge is 0.322 e. The van der Waals surface area contributed by atoms with Crippen LogP contribution in [0.25, 0.3) is 0 Å². The van der Waals surface area contributed by atoms with Gasteiger partial charge in [0.15, 0.2) is 0 Å². The molecule has 5 heteroatoms. The predicted octanol–water partition coefficient (Wildman–Crippen LogP) is 1.82. The molecule has 1 aliphatic rings. The first-order chi connectivity index (χ1) is 8.54. The SMILES string of the molecule is COC(=O)[C@H](C)N(Cc1c(C)noc1C)C1CC1. The molecule has 0 saturated heterocycles. The minimum absolute atomic E-state index is 0.186. The molecule has 0 aliphatic heterocycles. The van der Waals surface area contributed by atoms with E-state index in [9.17, 15) is 4.79 Å². The Morgan fingerprint density at radius 2 is 2.22 bits per heavy atom. The summed E-state index contributed by atoms with van der Waals surface area (Å²) in [6.07, 6.45) is 2.29. The van der Waals surface area contributed by atoms with Gasteiger partial charge in [-0.1, -0.05) is 5.16 Å². The highest BCUT2D eigenvalue weighted by Gasteiger charge is 2.36. The van der Waals surface area contributed by atoms with E-state index in [1.165, 1.54) is 7.11 Å². The fourth-order valence-electron chi connectivity index (χ4n) is 2.20. The lowest BCUT2D eigenvalue weighted by Crippen LogP contribution is -2.40. The monoisotopic (exact) mass is 252 g/mol. The zero-order chi connectivity index (χ0) is 13.3. The Morgan fingerprint density at radius 3 is 2.67 bits per heavy atom. The number of hydrogen-bond acceptors (Lipinski definition) is 5. The van der Waals surface area contributed by atoms with E-state index in [2.05, 4.69) is 10.1 Å². The largest absolute Gasteiger partial charge is 0.468 e. The van der Waals surface area contributed by atoms with Crippen molar-refractivity contribution in [2.75, 3.05) is 7.11 Å². The number of carbonyl (C=O) groups excluding carboxylic acids is 1. The molecular formula is C13H20N2O3. The van der Waals surface area contributed by atoms with Gasteiger partial charge < -0.3 is 9.26 Å². The third-order valence-electron chi connectivity index (χ3n) is 3.58. The molecule has 1 aromatic rings. The third-order valence-corrected chi connectivity index (χ3v) is 3.58. The fraction of sp³-hybridized carbons (Fsp3) is 0.692. The number of aryl methyl sites for hydroxylation is 2. The third kappa shape index (κ3) is 2.56. The van der Waals surface area contributed by atoms with E-state index in [4.69, 9.17) is 9.26 Å². The summed E-state index contributed by atoms with van der Waals surface area (Å²) in [5.41, 5.74) is 1.98. The minimum atomic E-state index is -0.226. The zero-order valence-corrected chi connectivity index (χ0v) is 11.4. The molecule has 1 atom stereocenters. The summed E-state index contributed by atoms with van der Waals surface area (Å²) >= 11 is 0. The molecule has 0 amide bonds. The van der Waals surface area contributed by atoms with Crippen LogP contribution in [0.15, 0.2) is 4.52 Å². The van der Waals surface area contributed by atoms with Crippen molar-refractivity contribution in [1.29, 1.82) is 0 Å². The van der Waals surface area contributed by atoms with Crippen molar-refractivity contribution in [3.8, 4) is 0 Å². The summed E-state index contributed by atoms with van der Waals surface area (Å²) in [6.45, 7) is 6.42. The van der Waals surface area contributed by atoms with Crippen LogP contribution < -0.4 is 0 Å². The average molecular weight is 252 g/mol. The molecule has 0 bridgehead atoms. The van der Waals surface area contributed by atoms with E-state index >= 15 is 0 Å². The summed E-state index contributed by atoms with van der Waals surface area (Å²) in [5, 5.41) is 3.96. The van der Waals surface area contributed by atoms with Crippen molar-refractivity contribution in [1.82, 2.24) is 10.1 Å². The number of hydrogen-bond donors (Lipinski definition) is 0. The Balaban J connectivity index is 2.14. The summed E-state index contributed by atoms with van der Waals surface area (Å²) in [7, 11) is 1.43. The van der Waals surface area contributed by atoms with Crippen LogP contribution in [0, 0.1) is 13.8 Å². The maximum Gasteiger partial charge on any atom is 0.322 e. The van der Waals surface area contributed by atoms with E-state index in [-0.39, 0.29) is 12.0 Å².